The van der Waals surface area contributed by atoms with Gasteiger partial charge in [-0.2, -0.15) is 0 Å². The Kier molecular flexibility index (Phi) is 4.72. The van der Waals surface area contributed by atoms with E-state index in [-0.39, 0.29) is 5.91 Å². The van der Waals surface area contributed by atoms with Gasteiger partial charge in [-0.3, -0.25) is 9.00 Å². The van der Waals surface area contributed by atoms with Gasteiger partial charge >= 0.3 is 0 Å². The molecule has 1 atom stereocenters. The first-order valence-corrected chi connectivity index (χ1v) is 7.55. The second-order valence-corrected chi connectivity index (χ2v) is 5.69. The average Bonchev–Trinajstić information content (AvgIpc) is 2.75. The standard InChI is InChI=1S/C9H9NOS.C3H2NOS/c11-9-5-6-12-8-4-2-1-3-7(8)10-9;5-6-2-1-4-3-6/h1-4H,5-6H2,(H,10,11);2-3H/q;-1. The van der Waals surface area contributed by atoms with Crippen molar-refractivity contribution < 1.29 is 9.00 Å². The van der Waals surface area contributed by atoms with Gasteiger partial charge in [0.2, 0.25) is 5.91 Å². The lowest BCUT2D eigenvalue weighted by Crippen LogP contribution is -2.09. The molecule has 2 heterocycles. The largest absolute Gasteiger partial charge is 0.450 e. The number of aliphatic imine (C=N–C) groups is 1. The van der Waals surface area contributed by atoms with Gasteiger partial charge in [-0.1, -0.05) is 23.1 Å². The number of rotatable bonds is 0. The molecule has 0 saturated heterocycles. The minimum absolute atomic E-state index is 0.118. The number of para-hydroxylation sites is 1. The van der Waals surface area contributed by atoms with E-state index in [1.165, 1.54) is 15.9 Å². The van der Waals surface area contributed by atoms with Crippen LogP contribution >= 0.6 is 11.8 Å². The Labute approximate surface area is 112 Å². The van der Waals surface area contributed by atoms with E-state index in [1.54, 1.807) is 11.8 Å². The second kappa shape index (κ2) is 6.51. The van der Waals surface area contributed by atoms with Crippen molar-refractivity contribution in [3.8, 4) is 0 Å². The van der Waals surface area contributed by atoms with E-state index in [0.29, 0.717) is 6.42 Å². The van der Waals surface area contributed by atoms with E-state index < -0.39 is 10.8 Å². The second-order valence-electron chi connectivity index (χ2n) is 3.45. The normalized spacial score (nSPS) is 20.4. The molecule has 94 valence electrons. The Morgan fingerprint density at radius 2 is 2.22 bits per heavy atom. The van der Waals surface area contributed by atoms with Gasteiger partial charge in [0, 0.05) is 17.1 Å². The molecule has 1 amide bonds. The Hall–Kier alpha value is -1.40. The Morgan fingerprint density at radius 1 is 1.39 bits per heavy atom. The molecule has 4 nitrogen and oxygen atoms in total. The molecule has 2 aliphatic heterocycles. The molecule has 0 spiro atoms. The van der Waals surface area contributed by atoms with Crippen LogP contribution in [-0.2, 0) is 15.6 Å². The van der Waals surface area contributed by atoms with Crippen molar-refractivity contribution in [1.29, 1.82) is 0 Å². The van der Waals surface area contributed by atoms with Crippen molar-refractivity contribution in [2.24, 2.45) is 4.99 Å². The van der Waals surface area contributed by atoms with Crippen molar-refractivity contribution in [3.05, 3.63) is 35.9 Å². The van der Waals surface area contributed by atoms with E-state index in [0.717, 1.165) is 11.4 Å². The lowest BCUT2D eigenvalue weighted by atomic mass is 10.3. The van der Waals surface area contributed by atoms with E-state index in [4.69, 9.17) is 0 Å². The SMILES string of the molecule is O=C1CCSc2ccccc2N1.O=S1C=[C-]N=C1. The fourth-order valence-electron chi connectivity index (χ4n) is 1.36. The molecule has 0 bridgehead atoms. The number of carbonyl (C=O) groups is 1. The lowest BCUT2D eigenvalue weighted by molar-refractivity contribution is -0.115. The zero-order valence-electron chi connectivity index (χ0n) is 9.46. The van der Waals surface area contributed by atoms with Gasteiger partial charge in [0.1, 0.15) is 0 Å². The number of anilines is 1. The van der Waals surface area contributed by atoms with Crippen LogP contribution in [0.4, 0.5) is 5.69 Å². The maximum absolute atomic E-state index is 11.1. The average molecular weight is 279 g/mol. The highest BCUT2D eigenvalue weighted by Crippen LogP contribution is 2.29. The highest BCUT2D eigenvalue weighted by atomic mass is 32.2. The summed E-state index contributed by atoms with van der Waals surface area (Å²) < 4.78 is 10.1. The molecule has 0 aromatic heterocycles. The summed E-state index contributed by atoms with van der Waals surface area (Å²) >= 11 is 1.73. The van der Waals surface area contributed by atoms with E-state index in [9.17, 15) is 9.00 Å². The van der Waals surface area contributed by atoms with Crippen molar-refractivity contribution in [3.63, 3.8) is 0 Å². The predicted octanol–water partition coefficient (Wildman–Crippen LogP) is 2.17. The molecule has 1 N–H and O–H groups in total. The van der Waals surface area contributed by atoms with Crippen molar-refractivity contribution in [1.82, 2.24) is 0 Å². The van der Waals surface area contributed by atoms with Gasteiger partial charge in [-0.05, 0) is 22.9 Å². The van der Waals surface area contributed by atoms with Crippen LogP contribution in [0.3, 0.4) is 0 Å². The maximum atomic E-state index is 11.1. The third kappa shape index (κ3) is 3.82. The molecule has 18 heavy (non-hydrogen) atoms. The topological polar surface area (TPSA) is 58.5 Å². The van der Waals surface area contributed by atoms with E-state index in [2.05, 4.69) is 16.5 Å². The van der Waals surface area contributed by atoms with Crippen molar-refractivity contribution in [2.75, 3.05) is 11.1 Å². The molecule has 0 aliphatic carbocycles. The number of hydrogen-bond acceptors (Lipinski definition) is 4. The number of carbonyl (C=O) groups excluding carboxylic acids is 1. The van der Waals surface area contributed by atoms with Crippen LogP contribution in [0.15, 0.2) is 39.6 Å². The molecule has 6 heteroatoms. The number of fused-ring (bicyclic) bond motifs is 1. The predicted molar refractivity (Wildman–Crippen MR) is 74.9 cm³/mol. The van der Waals surface area contributed by atoms with E-state index in [1.807, 2.05) is 24.3 Å². The number of amides is 1. The molecule has 0 fully saturated rings. The first kappa shape index (κ1) is 13.0. The molecule has 3 rings (SSSR count). The summed E-state index contributed by atoms with van der Waals surface area (Å²) in [6.45, 7) is 0. The van der Waals surface area contributed by atoms with Crippen LogP contribution in [0.1, 0.15) is 6.42 Å². The van der Waals surface area contributed by atoms with Crippen LogP contribution in [-0.4, -0.2) is 21.4 Å². The molecule has 1 aromatic rings. The van der Waals surface area contributed by atoms with Crippen LogP contribution in [0, 0.1) is 6.20 Å². The van der Waals surface area contributed by atoms with Gasteiger partial charge in [-0.25, -0.2) is 0 Å². The summed E-state index contributed by atoms with van der Waals surface area (Å²) in [6, 6.07) is 7.89. The van der Waals surface area contributed by atoms with Gasteiger partial charge in [0.15, 0.2) is 0 Å². The third-order valence-electron chi connectivity index (χ3n) is 2.15. The molecular weight excluding hydrogens is 268 g/mol. The number of thioether (sulfide) groups is 1. The number of hydrogen-bond donors (Lipinski definition) is 1. The van der Waals surface area contributed by atoms with Crippen molar-refractivity contribution >= 4 is 39.7 Å². The Bertz CT molecular complexity index is 513. The first-order valence-electron chi connectivity index (χ1n) is 5.29. The maximum Gasteiger partial charge on any atom is 0.225 e. The smallest absolute Gasteiger partial charge is 0.225 e. The fraction of sp³-hybridized carbons (Fsp3) is 0.167. The van der Waals surface area contributed by atoms with Crippen molar-refractivity contribution in [2.45, 2.75) is 11.3 Å². The summed E-state index contributed by atoms with van der Waals surface area (Å²) in [6.07, 6.45) is 3.03. The summed E-state index contributed by atoms with van der Waals surface area (Å²) in [5.41, 5.74) is 2.28. The first-order chi connectivity index (χ1) is 8.75. The quantitative estimate of drug-likeness (QED) is 0.740. The van der Waals surface area contributed by atoms with Gasteiger partial charge < -0.3 is 10.3 Å². The Balaban J connectivity index is 0.000000169. The summed E-state index contributed by atoms with van der Waals surface area (Å²) in [5, 5.41) is 4.27. The fourth-order valence-corrected chi connectivity index (χ4v) is 2.70. The minimum Gasteiger partial charge on any atom is -0.450 e. The highest BCUT2D eigenvalue weighted by Gasteiger charge is 2.11. The summed E-state index contributed by atoms with van der Waals surface area (Å²) in [7, 11) is -0.951. The monoisotopic (exact) mass is 279 g/mol. The minimum atomic E-state index is -0.951. The number of benzene rings is 1. The number of nitrogens with one attached hydrogen (secondary N) is 1. The summed E-state index contributed by atoms with van der Waals surface area (Å²) in [4.78, 5) is 15.7. The van der Waals surface area contributed by atoms with Crippen LogP contribution in [0.5, 0.6) is 0 Å². The zero-order valence-corrected chi connectivity index (χ0v) is 11.1. The Morgan fingerprint density at radius 3 is 2.89 bits per heavy atom. The summed E-state index contributed by atoms with van der Waals surface area (Å²) in [5.74, 6) is 0.996. The molecule has 1 unspecified atom stereocenters. The molecule has 0 radical (unpaired) electrons. The molecular formula is C12H11N2O2S2-. The number of nitrogens with zero attached hydrogens (tertiary/aromatic N) is 1. The van der Waals surface area contributed by atoms with Crippen LogP contribution in [0.2, 0.25) is 0 Å². The van der Waals surface area contributed by atoms with E-state index >= 15 is 0 Å². The van der Waals surface area contributed by atoms with Gasteiger partial charge in [0.25, 0.3) is 0 Å². The molecule has 1 aromatic carbocycles. The molecule has 0 saturated carbocycles. The third-order valence-corrected chi connectivity index (χ3v) is 3.87. The highest BCUT2D eigenvalue weighted by molar-refractivity contribution is 8.01. The van der Waals surface area contributed by atoms with Gasteiger partial charge in [0.05, 0.1) is 5.69 Å². The van der Waals surface area contributed by atoms with Gasteiger partial charge in [-0.15, -0.1) is 18.0 Å². The zero-order chi connectivity index (χ0) is 12.8. The van der Waals surface area contributed by atoms with Crippen LogP contribution < -0.4 is 5.32 Å². The van der Waals surface area contributed by atoms with Crippen LogP contribution in [0.25, 0.3) is 0 Å². The molecule has 2 aliphatic rings. The lowest BCUT2D eigenvalue weighted by Gasteiger charge is -2.03.